The summed E-state index contributed by atoms with van der Waals surface area (Å²) in [5.41, 5.74) is 0. The van der Waals surface area contributed by atoms with Crippen molar-refractivity contribution < 1.29 is 73.8 Å². The number of ether oxygens (including phenoxy) is 6. The van der Waals surface area contributed by atoms with E-state index in [2.05, 4.69) is 50.3 Å². The van der Waals surface area contributed by atoms with E-state index in [9.17, 15) is 45.3 Å². The van der Waals surface area contributed by atoms with Gasteiger partial charge < -0.3 is 64.2 Å². The van der Waals surface area contributed by atoms with E-state index in [4.69, 9.17) is 28.4 Å². The molecule has 4 unspecified atom stereocenters. The molecule has 64 heavy (non-hydrogen) atoms. The molecule has 0 aromatic rings. The second-order valence-corrected chi connectivity index (χ2v) is 17.3. The van der Waals surface area contributed by atoms with Crippen LogP contribution in [0.4, 0.5) is 0 Å². The monoisotopic (exact) mass is 915 g/mol. The minimum Gasteiger partial charge on any atom is -0.462 e. The predicted molar refractivity (Wildman–Crippen MR) is 243 cm³/mol. The summed E-state index contributed by atoms with van der Waals surface area (Å²) in [6.07, 6.45) is 20.4. The first-order valence-corrected chi connectivity index (χ1v) is 24.6. The van der Waals surface area contributed by atoms with Crippen LogP contribution in [0.2, 0.25) is 0 Å². The molecule has 15 nitrogen and oxygen atoms in total. The van der Waals surface area contributed by atoms with Gasteiger partial charge in [-0.05, 0) is 51.4 Å². The van der Waals surface area contributed by atoms with Crippen LogP contribution in [-0.2, 0) is 38.0 Å². The number of allylic oxidation sites excluding steroid dienone is 6. The second kappa shape index (κ2) is 36.8. The van der Waals surface area contributed by atoms with Crippen molar-refractivity contribution in [1.29, 1.82) is 0 Å². The minimum atomic E-state index is -1.77. The highest BCUT2D eigenvalue weighted by Gasteiger charge is 2.47. The molecule has 2 saturated heterocycles. The Kier molecular flexibility index (Phi) is 33.3. The van der Waals surface area contributed by atoms with Gasteiger partial charge in [-0.1, -0.05) is 140 Å². The van der Waals surface area contributed by atoms with Crippen molar-refractivity contribution in [3.05, 3.63) is 36.5 Å². The van der Waals surface area contributed by atoms with E-state index < -0.39 is 99.3 Å². The molecule has 2 aliphatic heterocycles. The van der Waals surface area contributed by atoms with Crippen LogP contribution in [0.25, 0.3) is 0 Å². The smallest absolute Gasteiger partial charge is 0.306 e. The summed E-state index contributed by atoms with van der Waals surface area (Å²) in [6, 6.07) is 0. The Hall–Kier alpha value is -2.28. The van der Waals surface area contributed by atoms with Gasteiger partial charge in [0, 0.05) is 12.8 Å². The van der Waals surface area contributed by atoms with Crippen molar-refractivity contribution >= 4 is 11.9 Å². The SMILES string of the molecule is CCCCC/C=C/C/C=C/C/C=C/CCCCC(=O)OC[C@H](CO[C@@H]1O[C@H](CO[C@@H]2O[C@H](CO)[C@H](O)C(O)C2O)[C@H](O)C(O)C1O)OC(=O)CCCCCCCCCCCCCCC. The lowest BCUT2D eigenvalue weighted by Crippen LogP contribution is -2.61. The summed E-state index contributed by atoms with van der Waals surface area (Å²) in [7, 11) is 0. The Morgan fingerprint density at radius 2 is 0.938 bits per heavy atom. The fourth-order valence-electron chi connectivity index (χ4n) is 7.52. The molecule has 0 amide bonds. The molecule has 0 saturated carbocycles. The van der Waals surface area contributed by atoms with Crippen LogP contribution < -0.4 is 0 Å². The Morgan fingerprint density at radius 1 is 0.500 bits per heavy atom. The van der Waals surface area contributed by atoms with Gasteiger partial charge in [0.1, 0.15) is 55.4 Å². The fraction of sp³-hybridized carbons (Fsp3) is 0.837. The zero-order valence-electron chi connectivity index (χ0n) is 39.0. The number of aliphatic hydroxyl groups excluding tert-OH is 7. The van der Waals surface area contributed by atoms with Gasteiger partial charge in [0.2, 0.25) is 0 Å². The van der Waals surface area contributed by atoms with Crippen LogP contribution in [-0.4, -0.2) is 142 Å². The van der Waals surface area contributed by atoms with Gasteiger partial charge in [-0.2, -0.15) is 0 Å². The number of esters is 2. The van der Waals surface area contributed by atoms with Gasteiger partial charge in [-0.15, -0.1) is 0 Å². The number of hydrogen-bond acceptors (Lipinski definition) is 15. The lowest BCUT2D eigenvalue weighted by molar-refractivity contribution is -0.332. The van der Waals surface area contributed by atoms with Crippen LogP contribution in [0.1, 0.15) is 168 Å². The number of carbonyl (C=O) groups is 2. The fourth-order valence-corrected chi connectivity index (χ4v) is 7.52. The summed E-state index contributed by atoms with van der Waals surface area (Å²) in [5.74, 6) is -0.968. The number of aliphatic hydroxyl groups is 7. The molecule has 7 N–H and O–H groups in total. The first kappa shape index (κ1) is 57.8. The topological polar surface area (TPSA) is 231 Å². The van der Waals surface area contributed by atoms with Crippen LogP contribution in [0.3, 0.4) is 0 Å². The van der Waals surface area contributed by atoms with E-state index in [1.54, 1.807) is 0 Å². The van der Waals surface area contributed by atoms with Gasteiger partial charge in [-0.25, -0.2) is 0 Å². The van der Waals surface area contributed by atoms with Gasteiger partial charge in [-0.3, -0.25) is 9.59 Å². The van der Waals surface area contributed by atoms with Gasteiger partial charge in [0.15, 0.2) is 18.7 Å². The number of rotatable bonds is 37. The Bertz CT molecular complexity index is 1260. The van der Waals surface area contributed by atoms with E-state index >= 15 is 0 Å². The molecule has 0 radical (unpaired) electrons. The zero-order valence-corrected chi connectivity index (χ0v) is 39.0. The molecule has 2 heterocycles. The molecular weight excluding hydrogens is 829 g/mol. The maximum atomic E-state index is 13.0. The summed E-state index contributed by atoms with van der Waals surface area (Å²) < 4.78 is 33.5. The summed E-state index contributed by atoms with van der Waals surface area (Å²) in [5, 5.41) is 72.0. The van der Waals surface area contributed by atoms with Crippen molar-refractivity contribution in [1.82, 2.24) is 0 Å². The van der Waals surface area contributed by atoms with Gasteiger partial charge in [0.25, 0.3) is 0 Å². The highest BCUT2D eigenvalue weighted by molar-refractivity contribution is 5.70. The quantitative estimate of drug-likeness (QED) is 0.0211. The Morgan fingerprint density at radius 3 is 1.50 bits per heavy atom. The molecule has 0 aromatic heterocycles. The largest absolute Gasteiger partial charge is 0.462 e. The van der Waals surface area contributed by atoms with E-state index in [1.165, 1.54) is 77.0 Å². The van der Waals surface area contributed by atoms with Crippen molar-refractivity contribution in [3.8, 4) is 0 Å². The standard InChI is InChI=1S/C49H86O15/c1-3-5-7-9-11-13-15-17-18-20-21-23-25-27-29-31-40(51)59-34-37(62-41(52)32-30-28-26-24-22-19-16-14-12-10-8-6-4-2)35-60-48-47(58)45(56)43(54)39(64-48)36-61-49-46(57)44(55)42(53)38(33-50)63-49/h11,13,17-18,21,23,37-39,42-50,53-58H,3-10,12,14-16,19-20,22,24-36H2,1-2H3/b13-11+,18-17+,23-21+/t37-,38-,39-,42+,43+,44?,45?,46?,47?,48-,49-/m1/s1. The van der Waals surface area contributed by atoms with Crippen LogP contribution in [0.15, 0.2) is 36.5 Å². The molecule has 15 heteroatoms. The van der Waals surface area contributed by atoms with Gasteiger partial charge in [0.05, 0.1) is 19.8 Å². The molecule has 2 rings (SSSR count). The van der Waals surface area contributed by atoms with E-state index in [1.807, 2.05) is 0 Å². The third-order valence-electron chi connectivity index (χ3n) is 11.6. The van der Waals surface area contributed by atoms with Crippen LogP contribution in [0, 0.1) is 0 Å². The highest BCUT2D eigenvalue weighted by Crippen LogP contribution is 2.26. The lowest BCUT2D eigenvalue weighted by Gasteiger charge is -2.42. The molecule has 0 spiro atoms. The normalized spacial score (nSPS) is 26.9. The van der Waals surface area contributed by atoms with Crippen molar-refractivity contribution in [3.63, 3.8) is 0 Å². The van der Waals surface area contributed by atoms with E-state index in [0.29, 0.717) is 12.8 Å². The molecule has 2 fully saturated rings. The van der Waals surface area contributed by atoms with Crippen LogP contribution in [0.5, 0.6) is 0 Å². The van der Waals surface area contributed by atoms with Gasteiger partial charge >= 0.3 is 11.9 Å². The molecule has 0 bridgehead atoms. The minimum absolute atomic E-state index is 0.159. The van der Waals surface area contributed by atoms with E-state index in [0.717, 1.165) is 51.4 Å². The second-order valence-electron chi connectivity index (χ2n) is 17.3. The lowest BCUT2D eigenvalue weighted by atomic mass is 9.98. The molecule has 0 aliphatic carbocycles. The maximum Gasteiger partial charge on any atom is 0.306 e. The first-order valence-electron chi connectivity index (χ1n) is 24.6. The number of unbranched alkanes of at least 4 members (excludes halogenated alkanes) is 17. The first-order chi connectivity index (χ1) is 31.0. The average Bonchev–Trinajstić information content (AvgIpc) is 3.29. The summed E-state index contributed by atoms with van der Waals surface area (Å²) >= 11 is 0. The van der Waals surface area contributed by atoms with Crippen molar-refractivity contribution in [2.45, 2.75) is 235 Å². The Labute approximate surface area is 383 Å². The van der Waals surface area contributed by atoms with E-state index in [-0.39, 0.29) is 19.4 Å². The van der Waals surface area contributed by atoms with Crippen molar-refractivity contribution in [2.75, 3.05) is 26.4 Å². The summed E-state index contributed by atoms with van der Waals surface area (Å²) in [6.45, 7) is 2.51. The maximum absolute atomic E-state index is 13.0. The number of carbonyl (C=O) groups excluding carboxylic acids is 2. The molecule has 2 aliphatic rings. The molecule has 372 valence electrons. The predicted octanol–water partition coefficient (Wildman–Crippen LogP) is 6.15. The average molecular weight is 915 g/mol. The third kappa shape index (κ3) is 25.0. The summed E-state index contributed by atoms with van der Waals surface area (Å²) in [4.78, 5) is 25.7. The molecular formula is C49H86O15. The molecule has 11 atom stereocenters. The number of hydrogen-bond donors (Lipinski definition) is 7. The molecule has 0 aromatic carbocycles. The zero-order chi connectivity index (χ0) is 46.8. The highest BCUT2D eigenvalue weighted by atomic mass is 16.7. The third-order valence-corrected chi connectivity index (χ3v) is 11.6. The van der Waals surface area contributed by atoms with Crippen molar-refractivity contribution in [2.24, 2.45) is 0 Å². The van der Waals surface area contributed by atoms with Crippen LogP contribution >= 0.6 is 0 Å². The Balaban J connectivity index is 1.85.